The highest BCUT2D eigenvalue weighted by molar-refractivity contribution is 7.25. The topological polar surface area (TPSA) is 16.4 Å². The van der Waals surface area contributed by atoms with Crippen LogP contribution in [-0.2, 0) is 0 Å². The maximum atomic E-state index is 6.73. The van der Waals surface area contributed by atoms with E-state index in [1.807, 2.05) is 11.3 Å². The molecule has 0 spiro atoms. The van der Waals surface area contributed by atoms with Crippen molar-refractivity contribution in [2.75, 3.05) is 4.90 Å². The standard InChI is InChI=1S/C52H33NOS/c1-3-12-34(13-4-1)38-25-30-46(44(32-38)36-14-5-2-6-15-36)53(47-19-11-20-48-51(47)43-29-24-37-16-7-8-17-41(37)52(43)54-48)40-27-22-35(23-28-40)39-26-31-50-45(33-39)42-18-9-10-21-49(42)55-50/h1-33H. The number of rotatable bonds is 6. The lowest BCUT2D eigenvalue weighted by Gasteiger charge is -2.29. The number of hydrogen-bond acceptors (Lipinski definition) is 3. The Balaban J connectivity index is 1.14. The van der Waals surface area contributed by atoms with E-state index < -0.39 is 0 Å². The van der Waals surface area contributed by atoms with E-state index in [9.17, 15) is 0 Å². The molecule has 0 aliphatic rings. The average molecular weight is 720 g/mol. The number of nitrogens with zero attached hydrogens (tertiary/aromatic N) is 1. The molecule has 2 nitrogen and oxygen atoms in total. The zero-order valence-corrected chi connectivity index (χ0v) is 30.6. The number of hydrogen-bond donors (Lipinski definition) is 0. The van der Waals surface area contributed by atoms with Gasteiger partial charge in [0.15, 0.2) is 0 Å². The molecule has 2 heterocycles. The highest BCUT2D eigenvalue weighted by Gasteiger charge is 2.23. The van der Waals surface area contributed by atoms with Gasteiger partial charge >= 0.3 is 0 Å². The van der Waals surface area contributed by atoms with Crippen LogP contribution >= 0.6 is 11.3 Å². The van der Waals surface area contributed by atoms with Crippen LogP contribution in [0.25, 0.3) is 86.3 Å². The zero-order chi connectivity index (χ0) is 36.3. The monoisotopic (exact) mass is 719 g/mol. The van der Waals surface area contributed by atoms with Gasteiger partial charge in [-0.2, -0.15) is 0 Å². The van der Waals surface area contributed by atoms with Crippen LogP contribution in [-0.4, -0.2) is 0 Å². The quantitative estimate of drug-likeness (QED) is 0.170. The smallest absolute Gasteiger partial charge is 0.143 e. The second-order valence-electron chi connectivity index (χ2n) is 14.1. The van der Waals surface area contributed by atoms with Gasteiger partial charge in [-0.25, -0.2) is 0 Å². The zero-order valence-electron chi connectivity index (χ0n) is 29.8. The summed E-state index contributed by atoms with van der Waals surface area (Å²) in [5, 5.41) is 7.09. The summed E-state index contributed by atoms with van der Waals surface area (Å²) in [6.07, 6.45) is 0. The molecule has 0 saturated carbocycles. The van der Waals surface area contributed by atoms with Crippen LogP contribution in [0.15, 0.2) is 205 Å². The lowest BCUT2D eigenvalue weighted by atomic mass is 9.95. The van der Waals surface area contributed by atoms with Crippen LogP contribution in [0.1, 0.15) is 0 Å². The molecule has 2 aromatic heterocycles. The van der Waals surface area contributed by atoms with Crippen molar-refractivity contribution >= 4 is 81.3 Å². The summed E-state index contributed by atoms with van der Waals surface area (Å²) in [5.74, 6) is 0. The van der Waals surface area contributed by atoms with Crippen molar-refractivity contribution in [1.29, 1.82) is 0 Å². The molecule has 55 heavy (non-hydrogen) atoms. The van der Waals surface area contributed by atoms with Crippen LogP contribution < -0.4 is 4.90 Å². The third-order valence-electron chi connectivity index (χ3n) is 10.9. The first-order valence-corrected chi connectivity index (χ1v) is 19.5. The summed E-state index contributed by atoms with van der Waals surface area (Å²) >= 11 is 1.85. The Hall–Kier alpha value is -6.94. The average Bonchev–Trinajstić information content (AvgIpc) is 3.84. The van der Waals surface area contributed by atoms with Crippen molar-refractivity contribution in [3.8, 4) is 33.4 Å². The summed E-state index contributed by atoms with van der Waals surface area (Å²) in [4.78, 5) is 2.42. The molecule has 3 heteroatoms. The van der Waals surface area contributed by atoms with Gasteiger partial charge in [0.2, 0.25) is 0 Å². The van der Waals surface area contributed by atoms with Crippen LogP contribution in [0.5, 0.6) is 0 Å². The number of benzene rings is 9. The third-order valence-corrected chi connectivity index (χ3v) is 12.0. The van der Waals surface area contributed by atoms with Crippen LogP contribution in [0.4, 0.5) is 17.1 Å². The van der Waals surface area contributed by atoms with E-state index in [0.717, 1.165) is 55.5 Å². The van der Waals surface area contributed by atoms with Crippen LogP contribution in [0.3, 0.4) is 0 Å². The molecule has 0 unspecified atom stereocenters. The van der Waals surface area contributed by atoms with E-state index in [0.29, 0.717) is 0 Å². The predicted octanol–water partition coefficient (Wildman–Crippen LogP) is 15.6. The van der Waals surface area contributed by atoms with Crippen molar-refractivity contribution in [2.24, 2.45) is 0 Å². The van der Waals surface area contributed by atoms with Crippen molar-refractivity contribution in [3.63, 3.8) is 0 Å². The lowest BCUT2D eigenvalue weighted by Crippen LogP contribution is -2.11. The first kappa shape index (κ1) is 31.6. The summed E-state index contributed by atoms with van der Waals surface area (Å²) < 4.78 is 9.36. The fourth-order valence-electron chi connectivity index (χ4n) is 8.23. The fraction of sp³-hybridized carbons (Fsp3) is 0. The Morgan fingerprint density at radius 3 is 1.87 bits per heavy atom. The van der Waals surface area contributed by atoms with Gasteiger partial charge < -0.3 is 9.32 Å². The molecule has 0 bridgehead atoms. The molecule has 0 aliphatic heterocycles. The molecule has 258 valence electrons. The molecule has 0 amide bonds. The van der Waals surface area contributed by atoms with Crippen molar-refractivity contribution < 1.29 is 4.42 Å². The van der Waals surface area contributed by atoms with E-state index >= 15 is 0 Å². The lowest BCUT2D eigenvalue weighted by molar-refractivity contribution is 0.672. The molecule has 11 rings (SSSR count). The summed E-state index contributed by atoms with van der Waals surface area (Å²) in [5.41, 5.74) is 12.1. The highest BCUT2D eigenvalue weighted by atomic mass is 32.1. The predicted molar refractivity (Wildman–Crippen MR) is 235 cm³/mol. The van der Waals surface area contributed by atoms with Crippen molar-refractivity contribution in [3.05, 3.63) is 200 Å². The SMILES string of the molecule is c1ccc(-c2ccc(N(c3ccc(-c4ccc5sc6ccccc6c5c4)cc3)c3cccc4oc5c6ccccc6ccc5c34)c(-c3ccccc3)c2)cc1. The molecule has 9 aromatic carbocycles. The molecule has 0 radical (unpaired) electrons. The van der Waals surface area contributed by atoms with E-state index in [1.165, 1.54) is 47.8 Å². The van der Waals surface area contributed by atoms with E-state index in [-0.39, 0.29) is 0 Å². The Kier molecular flexibility index (Phi) is 7.39. The molecule has 0 fully saturated rings. The third kappa shape index (κ3) is 5.32. The van der Waals surface area contributed by atoms with E-state index in [1.54, 1.807) is 0 Å². The van der Waals surface area contributed by atoms with Gasteiger partial charge in [-0.15, -0.1) is 11.3 Å². The molecule has 0 saturated heterocycles. The number of anilines is 3. The van der Waals surface area contributed by atoms with Gasteiger partial charge in [0.25, 0.3) is 0 Å². The van der Waals surface area contributed by atoms with E-state index in [2.05, 4.69) is 205 Å². The van der Waals surface area contributed by atoms with Gasteiger partial charge in [0.05, 0.1) is 16.8 Å². The second kappa shape index (κ2) is 12.9. The molecular formula is C52H33NOS. The van der Waals surface area contributed by atoms with Gasteiger partial charge in [-0.3, -0.25) is 0 Å². The highest BCUT2D eigenvalue weighted by Crippen LogP contribution is 2.48. The Labute approximate surface area is 322 Å². The molecule has 0 N–H and O–H groups in total. The number of fused-ring (bicyclic) bond motifs is 8. The maximum absolute atomic E-state index is 6.73. The van der Waals surface area contributed by atoms with Crippen molar-refractivity contribution in [2.45, 2.75) is 0 Å². The minimum absolute atomic E-state index is 0.865. The largest absolute Gasteiger partial charge is 0.455 e. The number of thiophene rings is 1. The fourth-order valence-corrected chi connectivity index (χ4v) is 9.31. The van der Waals surface area contributed by atoms with Gasteiger partial charge in [0, 0.05) is 42.2 Å². The van der Waals surface area contributed by atoms with Gasteiger partial charge in [-0.1, -0.05) is 140 Å². The van der Waals surface area contributed by atoms with Crippen LogP contribution in [0, 0.1) is 0 Å². The summed E-state index contributed by atoms with van der Waals surface area (Å²) in [7, 11) is 0. The summed E-state index contributed by atoms with van der Waals surface area (Å²) in [6.45, 7) is 0. The minimum atomic E-state index is 0.865. The molecular weight excluding hydrogens is 687 g/mol. The first-order valence-electron chi connectivity index (χ1n) is 18.7. The normalized spacial score (nSPS) is 11.6. The summed E-state index contributed by atoms with van der Waals surface area (Å²) in [6, 6.07) is 72.2. The molecule has 0 aliphatic carbocycles. The van der Waals surface area contributed by atoms with Gasteiger partial charge in [-0.05, 0) is 93.9 Å². The Morgan fingerprint density at radius 1 is 0.382 bits per heavy atom. The Morgan fingerprint density at radius 2 is 1.04 bits per heavy atom. The van der Waals surface area contributed by atoms with E-state index in [4.69, 9.17) is 4.42 Å². The Bertz CT molecular complexity index is 3190. The van der Waals surface area contributed by atoms with Crippen LogP contribution in [0.2, 0.25) is 0 Å². The molecule has 11 aromatic rings. The molecule has 0 atom stereocenters. The first-order chi connectivity index (χ1) is 27.3. The van der Waals surface area contributed by atoms with Gasteiger partial charge in [0.1, 0.15) is 11.2 Å². The maximum Gasteiger partial charge on any atom is 0.143 e. The number of furan rings is 1. The minimum Gasteiger partial charge on any atom is -0.455 e. The second-order valence-corrected chi connectivity index (χ2v) is 15.2. The van der Waals surface area contributed by atoms with Crippen molar-refractivity contribution in [1.82, 2.24) is 0 Å².